The monoisotopic (exact) mass is 391 g/mol. The van der Waals surface area contributed by atoms with E-state index in [2.05, 4.69) is 53.1 Å². The molecule has 0 radical (unpaired) electrons. The van der Waals surface area contributed by atoms with Crippen LogP contribution in [0, 0.1) is 27.7 Å². The SMILES string of the molecule is Cc1cccc(N2CCN(C(=O)CCc3c(C)nc4cc(C)nn4c3C)CC2)c1. The normalized spacial score (nSPS) is 14.6. The molecule has 1 saturated heterocycles. The molecule has 1 fully saturated rings. The molecule has 3 heterocycles. The van der Waals surface area contributed by atoms with Crippen molar-refractivity contribution in [2.45, 2.75) is 40.5 Å². The number of hydrogen-bond donors (Lipinski definition) is 0. The lowest BCUT2D eigenvalue weighted by Crippen LogP contribution is -2.48. The van der Waals surface area contributed by atoms with Gasteiger partial charge in [0, 0.05) is 55.7 Å². The Labute approximate surface area is 172 Å². The van der Waals surface area contributed by atoms with Crippen LogP contribution in [-0.2, 0) is 11.2 Å². The minimum atomic E-state index is 0.226. The highest BCUT2D eigenvalue weighted by Gasteiger charge is 2.22. The van der Waals surface area contributed by atoms with Gasteiger partial charge in [-0.1, -0.05) is 12.1 Å². The molecule has 0 unspecified atom stereocenters. The molecule has 0 bridgehead atoms. The van der Waals surface area contributed by atoms with E-state index in [0.29, 0.717) is 12.8 Å². The molecule has 1 aliphatic rings. The zero-order chi connectivity index (χ0) is 20.5. The molecule has 0 atom stereocenters. The molecule has 1 aromatic carbocycles. The number of rotatable bonds is 4. The lowest BCUT2D eigenvalue weighted by atomic mass is 10.1. The van der Waals surface area contributed by atoms with Crippen molar-refractivity contribution >= 4 is 17.2 Å². The van der Waals surface area contributed by atoms with E-state index in [1.807, 2.05) is 29.3 Å². The van der Waals surface area contributed by atoms with E-state index in [1.165, 1.54) is 11.3 Å². The maximum atomic E-state index is 12.8. The van der Waals surface area contributed by atoms with Crippen LogP contribution in [0.3, 0.4) is 0 Å². The molecule has 0 saturated carbocycles. The van der Waals surface area contributed by atoms with Crippen LogP contribution in [0.4, 0.5) is 5.69 Å². The first-order valence-electron chi connectivity index (χ1n) is 10.3. The average molecular weight is 392 g/mol. The molecule has 3 aromatic rings. The number of hydrogen-bond acceptors (Lipinski definition) is 4. The maximum absolute atomic E-state index is 12.8. The molecule has 6 heteroatoms. The second kappa shape index (κ2) is 7.85. The Morgan fingerprint density at radius 2 is 1.79 bits per heavy atom. The van der Waals surface area contributed by atoms with Gasteiger partial charge in [-0.3, -0.25) is 4.79 Å². The quantitative estimate of drug-likeness (QED) is 0.685. The number of anilines is 1. The summed E-state index contributed by atoms with van der Waals surface area (Å²) in [6, 6.07) is 10.6. The number of fused-ring (bicyclic) bond motifs is 1. The first-order valence-corrected chi connectivity index (χ1v) is 10.3. The summed E-state index contributed by atoms with van der Waals surface area (Å²) >= 11 is 0. The van der Waals surface area contributed by atoms with Crippen molar-refractivity contribution < 1.29 is 4.79 Å². The molecule has 2 aromatic heterocycles. The molecule has 29 heavy (non-hydrogen) atoms. The van der Waals surface area contributed by atoms with Crippen LogP contribution in [0.5, 0.6) is 0 Å². The van der Waals surface area contributed by atoms with Gasteiger partial charge in [-0.05, 0) is 57.4 Å². The summed E-state index contributed by atoms with van der Waals surface area (Å²) in [6.07, 6.45) is 1.22. The summed E-state index contributed by atoms with van der Waals surface area (Å²) in [7, 11) is 0. The van der Waals surface area contributed by atoms with Gasteiger partial charge < -0.3 is 9.80 Å². The molecular weight excluding hydrogens is 362 g/mol. The number of nitrogens with zero attached hydrogens (tertiary/aromatic N) is 5. The summed E-state index contributed by atoms with van der Waals surface area (Å²) < 4.78 is 1.89. The highest BCUT2D eigenvalue weighted by molar-refractivity contribution is 5.77. The van der Waals surface area contributed by atoms with Crippen LogP contribution in [-0.4, -0.2) is 51.6 Å². The van der Waals surface area contributed by atoms with Gasteiger partial charge in [0.2, 0.25) is 5.91 Å². The predicted molar refractivity (Wildman–Crippen MR) is 115 cm³/mol. The molecular formula is C23H29N5O. The number of aromatic nitrogens is 3. The van der Waals surface area contributed by atoms with E-state index in [-0.39, 0.29) is 5.91 Å². The van der Waals surface area contributed by atoms with Gasteiger partial charge >= 0.3 is 0 Å². The zero-order valence-corrected chi connectivity index (χ0v) is 17.8. The second-order valence-electron chi connectivity index (χ2n) is 8.02. The third kappa shape index (κ3) is 3.97. The van der Waals surface area contributed by atoms with Crippen molar-refractivity contribution in [3.8, 4) is 0 Å². The second-order valence-corrected chi connectivity index (χ2v) is 8.02. The standard InChI is InChI=1S/C23H29N5O/c1-16-6-5-7-20(14-16)26-10-12-27(13-11-26)23(29)9-8-21-18(3)24-22-15-17(2)25-28(22)19(21)4/h5-7,14-15H,8-13H2,1-4H3. The van der Waals surface area contributed by atoms with Crippen molar-refractivity contribution in [1.29, 1.82) is 0 Å². The van der Waals surface area contributed by atoms with Gasteiger partial charge in [0.05, 0.1) is 5.69 Å². The lowest BCUT2D eigenvalue weighted by molar-refractivity contribution is -0.131. The zero-order valence-electron chi connectivity index (χ0n) is 17.8. The van der Waals surface area contributed by atoms with Gasteiger partial charge in [0.25, 0.3) is 0 Å². The number of aryl methyl sites for hydroxylation is 4. The summed E-state index contributed by atoms with van der Waals surface area (Å²) in [5.41, 5.74) is 7.55. The van der Waals surface area contributed by atoms with Gasteiger partial charge in [-0.25, -0.2) is 9.50 Å². The third-order valence-electron chi connectivity index (χ3n) is 5.87. The lowest BCUT2D eigenvalue weighted by Gasteiger charge is -2.36. The van der Waals surface area contributed by atoms with Gasteiger partial charge in [-0.2, -0.15) is 5.10 Å². The van der Waals surface area contributed by atoms with Crippen LogP contribution in [0.25, 0.3) is 5.65 Å². The Hall–Kier alpha value is -2.89. The van der Waals surface area contributed by atoms with Gasteiger partial charge in [0.1, 0.15) is 0 Å². The molecule has 0 spiro atoms. The fourth-order valence-corrected chi connectivity index (χ4v) is 4.23. The molecule has 152 valence electrons. The van der Waals surface area contributed by atoms with Crippen molar-refractivity contribution in [2.75, 3.05) is 31.1 Å². The minimum absolute atomic E-state index is 0.226. The Morgan fingerprint density at radius 3 is 2.52 bits per heavy atom. The van der Waals surface area contributed by atoms with E-state index in [0.717, 1.165) is 54.5 Å². The van der Waals surface area contributed by atoms with Crippen LogP contribution >= 0.6 is 0 Å². The predicted octanol–water partition coefficient (Wildman–Crippen LogP) is 3.24. The number of amides is 1. The van der Waals surface area contributed by atoms with Crippen LogP contribution in [0.2, 0.25) is 0 Å². The molecule has 4 rings (SSSR count). The van der Waals surface area contributed by atoms with E-state index in [4.69, 9.17) is 0 Å². The molecule has 0 N–H and O–H groups in total. The fraction of sp³-hybridized carbons (Fsp3) is 0.435. The largest absolute Gasteiger partial charge is 0.368 e. The number of carbonyl (C=O) groups is 1. The van der Waals surface area contributed by atoms with Gasteiger partial charge in [-0.15, -0.1) is 0 Å². The average Bonchev–Trinajstić information content (AvgIpc) is 3.08. The van der Waals surface area contributed by atoms with E-state index in [9.17, 15) is 4.79 Å². The van der Waals surface area contributed by atoms with Crippen molar-refractivity contribution in [3.05, 3.63) is 58.5 Å². The topological polar surface area (TPSA) is 53.7 Å². The minimum Gasteiger partial charge on any atom is -0.368 e. The molecule has 0 aliphatic carbocycles. The van der Waals surface area contributed by atoms with Gasteiger partial charge in [0.15, 0.2) is 5.65 Å². The highest BCUT2D eigenvalue weighted by Crippen LogP contribution is 2.20. The van der Waals surface area contributed by atoms with E-state index < -0.39 is 0 Å². The Bertz CT molecular complexity index is 1050. The number of carbonyl (C=O) groups excluding carboxylic acids is 1. The summed E-state index contributed by atoms with van der Waals surface area (Å²) in [5, 5.41) is 4.53. The van der Waals surface area contributed by atoms with Crippen molar-refractivity contribution in [2.24, 2.45) is 0 Å². The van der Waals surface area contributed by atoms with Crippen molar-refractivity contribution in [3.63, 3.8) is 0 Å². The number of benzene rings is 1. The van der Waals surface area contributed by atoms with E-state index >= 15 is 0 Å². The highest BCUT2D eigenvalue weighted by atomic mass is 16.2. The maximum Gasteiger partial charge on any atom is 0.223 e. The Kier molecular flexibility index (Phi) is 5.26. The Balaban J connectivity index is 1.38. The first kappa shape index (κ1) is 19.4. The summed E-state index contributed by atoms with van der Waals surface area (Å²) in [6.45, 7) is 11.5. The summed E-state index contributed by atoms with van der Waals surface area (Å²) in [5.74, 6) is 0.226. The third-order valence-corrected chi connectivity index (χ3v) is 5.87. The van der Waals surface area contributed by atoms with E-state index in [1.54, 1.807) is 0 Å². The molecule has 6 nitrogen and oxygen atoms in total. The first-order chi connectivity index (χ1) is 13.9. The molecule has 1 amide bonds. The smallest absolute Gasteiger partial charge is 0.223 e. The number of piperazine rings is 1. The fourth-order valence-electron chi connectivity index (χ4n) is 4.23. The molecule has 1 aliphatic heterocycles. The van der Waals surface area contributed by atoms with Crippen LogP contribution < -0.4 is 4.90 Å². The van der Waals surface area contributed by atoms with Crippen LogP contribution in [0.1, 0.15) is 34.6 Å². The summed E-state index contributed by atoms with van der Waals surface area (Å²) in [4.78, 5) is 21.9. The Morgan fingerprint density at radius 1 is 1.03 bits per heavy atom. The van der Waals surface area contributed by atoms with Crippen LogP contribution in [0.15, 0.2) is 30.3 Å². The van der Waals surface area contributed by atoms with Crippen molar-refractivity contribution in [1.82, 2.24) is 19.5 Å².